The molecule has 0 aliphatic carbocycles. The van der Waals surface area contributed by atoms with Crippen LogP contribution in [0.3, 0.4) is 0 Å². The van der Waals surface area contributed by atoms with Crippen molar-refractivity contribution < 1.29 is 0 Å². The average molecular weight is 236 g/mol. The molecule has 1 heterocycles. The molecule has 18 heavy (non-hydrogen) atoms. The molecule has 1 N–H and O–H groups in total. The molecule has 0 radical (unpaired) electrons. The van der Waals surface area contributed by atoms with Crippen LogP contribution < -0.4 is 0 Å². The standard InChI is InChI=1S/C14H12N4/c1-10-6-7-11(9-15)14(8-10)18-16-12-4-2-3-5-13(12)17-18/h2-9,15H,1H3. The Hall–Kier alpha value is -2.49. The number of aryl methyl sites for hydroxylation is 1. The third kappa shape index (κ3) is 1.68. The Labute approximate surface area is 104 Å². The summed E-state index contributed by atoms with van der Waals surface area (Å²) in [6.45, 7) is 2.01. The van der Waals surface area contributed by atoms with Crippen LogP contribution in [0.25, 0.3) is 16.7 Å². The number of benzene rings is 2. The Morgan fingerprint density at radius 2 is 1.72 bits per heavy atom. The highest BCUT2D eigenvalue weighted by atomic mass is 15.5. The van der Waals surface area contributed by atoms with Crippen molar-refractivity contribution >= 4 is 17.2 Å². The Balaban J connectivity index is 2.25. The van der Waals surface area contributed by atoms with Crippen molar-refractivity contribution in [2.45, 2.75) is 6.92 Å². The van der Waals surface area contributed by atoms with Gasteiger partial charge in [0, 0.05) is 11.8 Å². The molecule has 0 amide bonds. The van der Waals surface area contributed by atoms with Crippen LogP contribution in [0.1, 0.15) is 11.1 Å². The lowest BCUT2D eigenvalue weighted by molar-refractivity contribution is 0.764. The number of nitrogens with zero attached hydrogens (tertiary/aromatic N) is 3. The van der Waals surface area contributed by atoms with Crippen LogP contribution in [0.15, 0.2) is 42.5 Å². The SMILES string of the molecule is Cc1ccc(C=N)c(-n2nc3ccccc3n2)c1. The van der Waals surface area contributed by atoms with Gasteiger partial charge in [0.1, 0.15) is 11.0 Å². The molecule has 0 fully saturated rings. The Morgan fingerprint density at radius 1 is 1.06 bits per heavy atom. The van der Waals surface area contributed by atoms with Gasteiger partial charge in [-0.05, 0) is 30.7 Å². The van der Waals surface area contributed by atoms with E-state index in [-0.39, 0.29) is 0 Å². The van der Waals surface area contributed by atoms with Crippen molar-refractivity contribution in [1.82, 2.24) is 15.0 Å². The molecule has 0 aliphatic rings. The van der Waals surface area contributed by atoms with E-state index < -0.39 is 0 Å². The fourth-order valence-corrected chi connectivity index (χ4v) is 1.92. The minimum atomic E-state index is 0.806. The molecule has 0 aliphatic heterocycles. The van der Waals surface area contributed by atoms with Crippen LogP contribution in [-0.4, -0.2) is 21.2 Å². The molecule has 1 aromatic heterocycles. The zero-order chi connectivity index (χ0) is 12.5. The molecule has 4 heteroatoms. The van der Waals surface area contributed by atoms with E-state index in [1.165, 1.54) is 6.21 Å². The molecule has 0 saturated heterocycles. The molecule has 0 unspecified atom stereocenters. The Bertz CT molecular complexity index is 694. The molecule has 0 saturated carbocycles. The normalized spacial score (nSPS) is 10.7. The van der Waals surface area contributed by atoms with E-state index in [1.54, 1.807) is 4.80 Å². The van der Waals surface area contributed by atoms with E-state index in [0.717, 1.165) is 27.8 Å². The second-order valence-corrected chi connectivity index (χ2v) is 4.18. The van der Waals surface area contributed by atoms with Crippen LogP contribution >= 0.6 is 0 Å². The molecule has 3 aromatic rings. The van der Waals surface area contributed by atoms with E-state index in [1.807, 2.05) is 49.4 Å². The number of nitrogens with one attached hydrogen (secondary N) is 1. The van der Waals surface area contributed by atoms with Gasteiger partial charge in [-0.3, -0.25) is 0 Å². The van der Waals surface area contributed by atoms with Gasteiger partial charge in [-0.1, -0.05) is 24.3 Å². The van der Waals surface area contributed by atoms with Gasteiger partial charge in [0.2, 0.25) is 0 Å². The van der Waals surface area contributed by atoms with Gasteiger partial charge in [-0.2, -0.15) is 0 Å². The predicted molar refractivity (Wildman–Crippen MR) is 71.5 cm³/mol. The largest absolute Gasteiger partial charge is 0.308 e. The Morgan fingerprint density at radius 3 is 2.33 bits per heavy atom. The Kier molecular flexibility index (Phi) is 2.41. The first kappa shape index (κ1) is 10.7. The fourth-order valence-electron chi connectivity index (χ4n) is 1.92. The van der Waals surface area contributed by atoms with Crippen molar-refractivity contribution in [1.29, 1.82) is 5.41 Å². The number of rotatable bonds is 2. The summed E-state index contributed by atoms with van der Waals surface area (Å²) in [7, 11) is 0. The monoisotopic (exact) mass is 236 g/mol. The van der Waals surface area contributed by atoms with Crippen molar-refractivity contribution in [3.05, 3.63) is 53.6 Å². The third-order valence-corrected chi connectivity index (χ3v) is 2.84. The summed E-state index contributed by atoms with van der Waals surface area (Å²) in [4.78, 5) is 1.60. The van der Waals surface area contributed by atoms with Gasteiger partial charge in [0.25, 0.3) is 0 Å². The maximum atomic E-state index is 7.45. The lowest BCUT2D eigenvalue weighted by atomic mass is 10.1. The third-order valence-electron chi connectivity index (χ3n) is 2.84. The van der Waals surface area contributed by atoms with Crippen molar-refractivity contribution in [2.75, 3.05) is 0 Å². The van der Waals surface area contributed by atoms with E-state index in [0.29, 0.717) is 0 Å². The summed E-state index contributed by atoms with van der Waals surface area (Å²) in [5, 5.41) is 16.3. The topological polar surface area (TPSA) is 54.6 Å². The summed E-state index contributed by atoms with van der Waals surface area (Å²) < 4.78 is 0. The van der Waals surface area contributed by atoms with Crippen molar-refractivity contribution in [3.8, 4) is 5.69 Å². The second kappa shape index (κ2) is 4.07. The number of hydrogen-bond acceptors (Lipinski definition) is 3. The van der Waals surface area contributed by atoms with Gasteiger partial charge in [0.05, 0.1) is 5.69 Å². The molecule has 3 rings (SSSR count). The highest BCUT2D eigenvalue weighted by Crippen LogP contribution is 2.16. The second-order valence-electron chi connectivity index (χ2n) is 4.18. The number of hydrogen-bond donors (Lipinski definition) is 1. The highest BCUT2D eigenvalue weighted by molar-refractivity contribution is 5.83. The highest BCUT2D eigenvalue weighted by Gasteiger charge is 2.07. The van der Waals surface area contributed by atoms with Crippen molar-refractivity contribution in [2.24, 2.45) is 0 Å². The summed E-state index contributed by atoms with van der Waals surface area (Å²) in [6, 6.07) is 13.6. The molecule has 88 valence electrons. The van der Waals surface area contributed by atoms with E-state index in [9.17, 15) is 0 Å². The summed E-state index contributed by atoms with van der Waals surface area (Å²) in [6.07, 6.45) is 1.32. The molecule has 2 aromatic carbocycles. The quantitative estimate of drug-likeness (QED) is 0.695. The summed E-state index contributed by atoms with van der Waals surface area (Å²) in [5.41, 5.74) is 4.48. The van der Waals surface area contributed by atoms with E-state index >= 15 is 0 Å². The van der Waals surface area contributed by atoms with Crippen LogP contribution in [0, 0.1) is 12.3 Å². The lowest BCUT2D eigenvalue weighted by Crippen LogP contribution is -2.03. The van der Waals surface area contributed by atoms with Gasteiger partial charge < -0.3 is 5.41 Å². The first-order valence-corrected chi connectivity index (χ1v) is 5.71. The maximum Gasteiger partial charge on any atom is 0.113 e. The van der Waals surface area contributed by atoms with E-state index in [4.69, 9.17) is 5.41 Å². The zero-order valence-electron chi connectivity index (χ0n) is 9.96. The molecular weight excluding hydrogens is 224 g/mol. The fraction of sp³-hybridized carbons (Fsp3) is 0.0714. The smallest absolute Gasteiger partial charge is 0.113 e. The minimum absolute atomic E-state index is 0.806. The number of fused-ring (bicyclic) bond motifs is 1. The lowest BCUT2D eigenvalue weighted by Gasteiger charge is -2.04. The zero-order valence-corrected chi connectivity index (χ0v) is 9.96. The summed E-state index contributed by atoms with van der Waals surface area (Å²) >= 11 is 0. The molecular formula is C14H12N4. The van der Waals surface area contributed by atoms with Crippen molar-refractivity contribution in [3.63, 3.8) is 0 Å². The first-order valence-electron chi connectivity index (χ1n) is 5.71. The minimum Gasteiger partial charge on any atom is -0.308 e. The van der Waals surface area contributed by atoms with Gasteiger partial charge >= 0.3 is 0 Å². The molecule has 4 nitrogen and oxygen atoms in total. The summed E-state index contributed by atoms with van der Waals surface area (Å²) in [5.74, 6) is 0. The number of aromatic nitrogens is 3. The average Bonchev–Trinajstić information content (AvgIpc) is 2.82. The first-order chi connectivity index (χ1) is 8.78. The van der Waals surface area contributed by atoms with Gasteiger partial charge in [-0.25, -0.2) is 0 Å². The van der Waals surface area contributed by atoms with Gasteiger partial charge in [0.15, 0.2) is 0 Å². The van der Waals surface area contributed by atoms with Crippen LogP contribution in [0.4, 0.5) is 0 Å². The molecule has 0 spiro atoms. The van der Waals surface area contributed by atoms with Gasteiger partial charge in [-0.15, -0.1) is 15.0 Å². The maximum absolute atomic E-state index is 7.45. The van der Waals surface area contributed by atoms with E-state index in [2.05, 4.69) is 10.2 Å². The van der Waals surface area contributed by atoms with Crippen LogP contribution in [0.5, 0.6) is 0 Å². The van der Waals surface area contributed by atoms with Crippen LogP contribution in [-0.2, 0) is 0 Å². The predicted octanol–water partition coefficient (Wildman–Crippen LogP) is 2.73. The van der Waals surface area contributed by atoms with Crippen LogP contribution in [0.2, 0.25) is 0 Å². The molecule has 0 bridgehead atoms. The molecule has 0 atom stereocenters.